The molecule has 0 radical (unpaired) electrons. The fourth-order valence-electron chi connectivity index (χ4n) is 1.88. The molecule has 0 atom stereocenters. The van der Waals surface area contributed by atoms with Crippen LogP contribution in [0.5, 0.6) is 5.88 Å². The summed E-state index contributed by atoms with van der Waals surface area (Å²) in [6.07, 6.45) is 1.49. The zero-order valence-electron chi connectivity index (χ0n) is 11.2. The molecule has 2 N–H and O–H groups in total. The lowest BCUT2D eigenvalue weighted by Crippen LogP contribution is -2.12. The van der Waals surface area contributed by atoms with Crippen molar-refractivity contribution >= 4 is 11.0 Å². The van der Waals surface area contributed by atoms with Gasteiger partial charge in [0.2, 0.25) is 5.88 Å². The number of hydrogen-bond donors (Lipinski definition) is 2. The van der Waals surface area contributed by atoms with Gasteiger partial charge in [-0.3, -0.25) is 4.79 Å². The van der Waals surface area contributed by atoms with Gasteiger partial charge in [-0.2, -0.15) is 4.98 Å². The molecule has 5 nitrogen and oxygen atoms in total. The number of aliphatic hydroxyl groups excluding tert-OH is 1. The molecule has 0 aliphatic rings. The number of H-pyrrole nitrogens is 1. The van der Waals surface area contributed by atoms with Crippen molar-refractivity contribution in [3.8, 4) is 5.88 Å². The van der Waals surface area contributed by atoms with Gasteiger partial charge in [0.05, 0.1) is 6.61 Å². The van der Waals surface area contributed by atoms with Crippen LogP contribution in [0.15, 0.2) is 16.9 Å². The average Bonchev–Trinajstić information content (AvgIpc) is 2.41. The maximum atomic E-state index is 11.7. The molecule has 0 spiro atoms. The summed E-state index contributed by atoms with van der Waals surface area (Å²) in [5.74, 6) is 0.490. The van der Waals surface area contributed by atoms with Crippen molar-refractivity contribution in [3.05, 3.63) is 33.6 Å². The predicted molar refractivity (Wildman–Crippen MR) is 73.7 cm³/mol. The van der Waals surface area contributed by atoms with Gasteiger partial charge in [0.1, 0.15) is 5.65 Å². The second-order valence-corrected chi connectivity index (χ2v) is 4.53. The molecule has 5 heteroatoms. The van der Waals surface area contributed by atoms with Crippen molar-refractivity contribution in [1.82, 2.24) is 9.97 Å². The van der Waals surface area contributed by atoms with Crippen LogP contribution in [0.25, 0.3) is 11.0 Å². The molecule has 2 aromatic rings. The van der Waals surface area contributed by atoms with Gasteiger partial charge >= 0.3 is 0 Å². The largest absolute Gasteiger partial charge is 0.478 e. The Hall–Kier alpha value is -1.88. The quantitative estimate of drug-likeness (QED) is 0.804. The van der Waals surface area contributed by atoms with E-state index in [1.807, 2.05) is 13.0 Å². The fraction of sp³-hybridized carbons (Fsp3) is 0.429. The maximum Gasteiger partial charge on any atom is 0.252 e. The second kappa shape index (κ2) is 5.84. The number of nitrogens with zero attached hydrogens (tertiary/aromatic N) is 1. The molecule has 2 aromatic heterocycles. The number of aliphatic hydroxyl groups is 1. The first-order valence-corrected chi connectivity index (χ1v) is 6.37. The summed E-state index contributed by atoms with van der Waals surface area (Å²) in [6.45, 7) is 4.39. The number of fused-ring (bicyclic) bond motifs is 1. The fourth-order valence-corrected chi connectivity index (χ4v) is 1.88. The van der Waals surface area contributed by atoms with E-state index in [4.69, 9.17) is 9.84 Å². The van der Waals surface area contributed by atoms with Crippen LogP contribution in [0.4, 0.5) is 0 Å². The SMILES string of the molecule is Cc1c(C)c2ccc(OCCCCO)nc2[nH]c1=O. The van der Waals surface area contributed by atoms with E-state index in [0.717, 1.165) is 17.4 Å². The van der Waals surface area contributed by atoms with E-state index in [1.165, 1.54) is 0 Å². The molecule has 0 aliphatic carbocycles. The van der Waals surface area contributed by atoms with E-state index in [1.54, 1.807) is 13.0 Å². The lowest BCUT2D eigenvalue weighted by atomic mass is 10.1. The molecular formula is C14H18N2O3. The highest BCUT2D eigenvalue weighted by atomic mass is 16.5. The number of nitrogens with one attached hydrogen (secondary N) is 1. The minimum Gasteiger partial charge on any atom is -0.478 e. The van der Waals surface area contributed by atoms with E-state index in [9.17, 15) is 4.79 Å². The van der Waals surface area contributed by atoms with Gasteiger partial charge in [-0.25, -0.2) is 0 Å². The summed E-state index contributed by atoms with van der Waals surface area (Å²) >= 11 is 0. The molecule has 0 bridgehead atoms. The van der Waals surface area contributed by atoms with Gasteiger partial charge in [0.15, 0.2) is 0 Å². The third kappa shape index (κ3) is 2.93. The first-order chi connectivity index (χ1) is 9.13. The molecule has 0 unspecified atom stereocenters. The number of pyridine rings is 2. The summed E-state index contributed by atoms with van der Waals surface area (Å²) in [5.41, 5.74) is 2.09. The van der Waals surface area contributed by atoms with Crippen LogP contribution in [0.3, 0.4) is 0 Å². The van der Waals surface area contributed by atoms with Gasteiger partial charge in [-0.05, 0) is 38.3 Å². The number of unbranched alkanes of at least 4 members (excludes halogenated alkanes) is 1. The van der Waals surface area contributed by atoms with Gasteiger partial charge < -0.3 is 14.8 Å². The lowest BCUT2D eigenvalue weighted by Gasteiger charge is -2.08. The van der Waals surface area contributed by atoms with E-state index in [0.29, 0.717) is 30.1 Å². The van der Waals surface area contributed by atoms with Crippen molar-refractivity contribution in [2.75, 3.05) is 13.2 Å². The van der Waals surface area contributed by atoms with Crippen molar-refractivity contribution in [2.45, 2.75) is 26.7 Å². The number of aromatic nitrogens is 2. The Morgan fingerprint density at radius 3 is 2.79 bits per heavy atom. The monoisotopic (exact) mass is 262 g/mol. The van der Waals surface area contributed by atoms with E-state index < -0.39 is 0 Å². The number of rotatable bonds is 5. The highest BCUT2D eigenvalue weighted by molar-refractivity contribution is 5.79. The highest BCUT2D eigenvalue weighted by Crippen LogP contribution is 2.18. The summed E-state index contributed by atoms with van der Waals surface area (Å²) in [4.78, 5) is 18.7. The Kier molecular flexibility index (Phi) is 4.16. The van der Waals surface area contributed by atoms with Crippen LogP contribution in [0, 0.1) is 13.8 Å². The number of aryl methyl sites for hydroxylation is 1. The van der Waals surface area contributed by atoms with Crippen molar-refractivity contribution in [2.24, 2.45) is 0 Å². The zero-order valence-corrected chi connectivity index (χ0v) is 11.2. The summed E-state index contributed by atoms with van der Waals surface area (Å²) in [5, 5.41) is 9.61. The molecule has 0 saturated carbocycles. The van der Waals surface area contributed by atoms with Crippen LogP contribution in [-0.4, -0.2) is 28.3 Å². The molecule has 0 saturated heterocycles. The number of aromatic amines is 1. The molecule has 19 heavy (non-hydrogen) atoms. The lowest BCUT2D eigenvalue weighted by molar-refractivity contribution is 0.249. The van der Waals surface area contributed by atoms with Crippen molar-refractivity contribution in [3.63, 3.8) is 0 Å². The summed E-state index contributed by atoms with van der Waals surface area (Å²) < 4.78 is 5.48. The zero-order chi connectivity index (χ0) is 13.8. The van der Waals surface area contributed by atoms with Crippen LogP contribution in [0.2, 0.25) is 0 Å². The standard InChI is InChI=1S/C14H18N2O3/c1-9-10(2)14(18)16-13-11(9)5-6-12(15-13)19-8-4-3-7-17/h5-6,17H,3-4,7-8H2,1-2H3,(H,15,16,18). The molecule has 0 amide bonds. The maximum absolute atomic E-state index is 11.7. The molecule has 2 heterocycles. The number of ether oxygens (including phenoxy) is 1. The van der Waals surface area contributed by atoms with Crippen molar-refractivity contribution in [1.29, 1.82) is 0 Å². The Morgan fingerprint density at radius 2 is 2.05 bits per heavy atom. The predicted octanol–water partition coefficient (Wildman–Crippen LogP) is 1.69. The highest BCUT2D eigenvalue weighted by Gasteiger charge is 2.07. The smallest absolute Gasteiger partial charge is 0.252 e. The van der Waals surface area contributed by atoms with E-state index >= 15 is 0 Å². The van der Waals surface area contributed by atoms with Gasteiger partial charge in [-0.15, -0.1) is 0 Å². The Labute approximate surface area is 111 Å². The summed E-state index contributed by atoms with van der Waals surface area (Å²) in [6, 6.07) is 3.70. The minimum absolute atomic E-state index is 0.116. The van der Waals surface area contributed by atoms with Crippen LogP contribution in [0.1, 0.15) is 24.0 Å². The minimum atomic E-state index is -0.116. The van der Waals surface area contributed by atoms with Crippen LogP contribution >= 0.6 is 0 Å². The molecule has 2 rings (SSSR count). The second-order valence-electron chi connectivity index (χ2n) is 4.53. The molecule has 0 aliphatic heterocycles. The van der Waals surface area contributed by atoms with Gasteiger partial charge in [-0.1, -0.05) is 0 Å². The number of hydrogen-bond acceptors (Lipinski definition) is 4. The van der Waals surface area contributed by atoms with Crippen molar-refractivity contribution < 1.29 is 9.84 Å². The topological polar surface area (TPSA) is 75.2 Å². The first kappa shape index (κ1) is 13.5. The van der Waals surface area contributed by atoms with Gasteiger partial charge in [0, 0.05) is 23.6 Å². The molecule has 0 fully saturated rings. The van der Waals surface area contributed by atoms with Crippen LogP contribution in [-0.2, 0) is 0 Å². The van der Waals surface area contributed by atoms with Gasteiger partial charge in [0.25, 0.3) is 5.56 Å². The van der Waals surface area contributed by atoms with Crippen LogP contribution < -0.4 is 10.3 Å². The Morgan fingerprint density at radius 1 is 1.26 bits per heavy atom. The molecule has 102 valence electrons. The average molecular weight is 262 g/mol. The van der Waals surface area contributed by atoms with E-state index in [2.05, 4.69) is 9.97 Å². The first-order valence-electron chi connectivity index (χ1n) is 6.37. The Bertz CT molecular complexity index is 634. The molecule has 0 aromatic carbocycles. The summed E-state index contributed by atoms with van der Waals surface area (Å²) in [7, 11) is 0. The Balaban J connectivity index is 2.26. The third-order valence-electron chi connectivity index (χ3n) is 3.21. The van der Waals surface area contributed by atoms with E-state index in [-0.39, 0.29) is 12.2 Å². The molecular weight excluding hydrogens is 244 g/mol. The normalized spacial score (nSPS) is 10.9. The third-order valence-corrected chi connectivity index (χ3v) is 3.21.